The molecule has 9 nitrogen and oxygen atoms in total. The Labute approximate surface area is 215 Å². The van der Waals surface area contributed by atoms with Gasteiger partial charge in [-0.25, -0.2) is 19.3 Å². The summed E-state index contributed by atoms with van der Waals surface area (Å²) < 4.78 is 14.6. The number of halogens is 1. The van der Waals surface area contributed by atoms with Crippen LogP contribution in [0.1, 0.15) is 41.7 Å². The summed E-state index contributed by atoms with van der Waals surface area (Å²) in [7, 11) is 2.23. The summed E-state index contributed by atoms with van der Waals surface area (Å²) in [5.41, 5.74) is 3.00. The molecule has 0 aromatic carbocycles. The van der Waals surface area contributed by atoms with E-state index < -0.39 is 5.82 Å². The lowest BCUT2D eigenvalue weighted by atomic mass is 9.86. The number of pyridine rings is 1. The monoisotopic (exact) mass is 504 g/mol. The van der Waals surface area contributed by atoms with Gasteiger partial charge in [-0.15, -0.1) is 0 Å². The van der Waals surface area contributed by atoms with Crippen LogP contribution < -0.4 is 15.5 Å². The summed E-state index contributed by atoms with van der Waals surface area (Å²) in [6.45, 7) is 5.17. The van der Waals surface area contributed by atoms with E-state index in [0.29, 0.717) is 30.0 Å². The minimum absolute atomic E-state index is 0.114. The number of aromatic nitrogens is 4. The Morgan fingerprint density at radius 1 is 1.11 bits per heavy atom. The fourth-order valence-corrected chi connectivity index (χ4v) is 5.92. The predicted octanol–water partition coefficient (Wildman–Crippen LogP) is 3.59. The average Bonchev–Trinajstić information content (AvgIpc) is 3.53. The first-order valence-corrected chi connectivity index (χ1v) is 13.2. The van der Waals surface area contributed by atoms with Crippen LogP contribution in [-0.4, -0.2) is 70.5 Å². The molecule has 0 bridgehead atoms. The highest BCUT2D eigenvalue weighted by atomic mass is 19.1. The number of nitrogens with zero attached hydrogens (tertiary/aromatic N) is 5. The predicted molar refractivity (Wildman–Crippen MR) is 140 cm³/mol. The number of piperidine rings is 1. The Morgan fingerprint density at radius 2 is 1.95 bits per heavy atom. The van der Waals surface area contributed by atoms with Crippen molar-refractivity contribution in [2.45, 2.75) is 32.1 Å². The van der Waals surface area contributed by atoms with E-state index in [2.05, 4.69) is 53.5 Å². The second-order valence-corrected chi connectivity index (χ2v) is 10.6. The standard InChI is InChI=1S/C27H33FN8O/c1-35-9-5-18(16-35)12-17-6-10-36(11-7-17)19-2-3-24(30-14-19)33-27-31-15-21(28)25(34-27)23-13-20-22(32-23)4-8-29-26(20)37/h2-3,13-15,17-18,32H,4-12,16H2,1H3,(H,29,37)(H,30,31,33,34). The van der Waals surface area contributed by atoms with Crippen LogP contribution in [0.4, 0.5) is 21.8 Å². The maximum Gasteiger partial charge on any atom is 0.253 e. The molecule has 3 aromatic heterocycles. The average molecular weight is 505 g/mol. The van der Waals surface area contributed by atoms with Crippen LogP contribution in [0.25, 0.3) is 11.4 Å². The van der Waals surface area contributed by atoms with Crippen LogP contribution >= 0.6 is 0 Å². The molecule has 37 heavy (non-hydrogen) atoms. The number of aromatic amines is 1. The molecule has 3 aromatic rings. The lowest BCUT2D eigenvalue weighted by Crippen LogP contribution is -2.34. The molecule has 3 N–H and O–H groups in total. The van der Waals surface area contributed by atoms with Gasteiger partial charge in [-0.05, 0) is 69.3 Å². The van der Waals surface area contributed by atoms with Crippen molar-refractivity contribution in [2.75, 3.05) is 50.0 Å². The second-order valence-electron chi connectivity index (χ2n) is 10.6. The maximum absolute atomic E-state index is 14.6. The van der Waals surface area contributed by atoms with Gasteiger partial charge in [0.2, 0.25) is 5.95 Å². The van der Waals surface area contributed by atoms with Crippen LogP contribution in [0.2, 0.25) is 0 Å². The van der Waals surface area contributed by atoms with Gasteiger partial charge in [-0.3, -0.25) is 4.79 Å². The third-order valence-electron chi connectivity index (χ3n) is 7.93. The van der Waals surface area contributed by atoms with Crippen molar-refractivity contribution in [3.63, 3.8) is 0 Å². The Bertz CT molecular complexity index is 1270. The number of rotatable bonds is 6. The van der Waals surface area contributed by atoms with Gasteiger partial charge in [-0.2, -0.15) is 0 Å². The van der Waals surface area contributed by atoms with E-state index in [1.165, 1.54) is 38.8 Å². The van der Waals surface area contributed by atoms with E-state index >= 15 is 0 Å². The first kappa shape index (κ1) is 23.8. The summed E-state index contributed by atoms with van der Waals surface area (Å²) in [6.07, 6.45) is 8.84. The molecular formula is C27H33FN8O. The molecular weight excluding hydrogens is 471 g/mol. The molecule has 1 atom stereocenters. The van der Waals surface area contributed by atoms with Gasteiger partial charge in [0.05, 0.1) is 29.3 Å². The number of H-pyrrole nitrogens is 1. The highest BCUT2D eigenvalue weighted by Crippen LogP contribution is 2.31. The molecule has 0 saturated carbocycles. The normalized spacial score (nSPS) is 20.6. The fourth-order valence-electron chi connectivity index (χ4n) is 5.92. The number of likely N-dealkylation sites (tertiary alicyclic amines) is 1. The minimum atomic E-state index is -0.559. The number of carbonyl (C=O) groups is 1. The Hall–Kier alpha value is -3.53. The molecule has 1 amide bonds. The molecule has 6 heterocycles. The minimum Gasteiger partial charge on any atom is -0.370 e. The first-order valence-electron chi connectivity index (χ1n) is 13.2. The Balaban J connectivity index is 1.08. The SMILES string of the molecule is CN1CCC(CC2CCN(c3ccc(Nc4ncc(F)c(-c5cc6c([nH]5)CCNC6=O)n4)nc3)CC2)C1. The number of amides is 1. The number of carbonyl (C=O) groups excluding carboxylic acids is 1. The van der Waals surface area contributed by atoms with E-state index in [0.717, 1.165) is 42.5 Å². The van der Waals surface area contributed by atoms with Gasteiger partial charge in [0.25, 0.3) is 5.91 Å². The number of anilines is 3. The van der Waals surface area contributed by atoms with Gasteiger partial charge in [0.1, 0.15) is 11.5 Å². The molecule has 3 aliphatic heterocycles. The summed E-state index contributed by atoms with van der Waals surface area (Å²) in [5, 5.41) is 5.87. The highest BCUT2D eigenvalue weighted by Gasteiger charge is 2.26. The van der Waals surface area contributed by atoms with Crippen molar-refractivity contribution in [1.29, 1.82) is 0 Å². The van der Waals surface area contributed by atoms with Gasteiger partial charge in [0.15, 0.2) is 5.82 Å². The smallest absolute Gasteiger partial charge is 0.253 e. The quantitative estimate of drug-likeness (QED) is 0.472. The molecule has 1 unspecified atom stereocenters. The fraction of sp³-hybridized carbons (Fsp3) is 0.481. The van der Waals surface area contributed by atoms with E-state index in [9.17, 15) is 9.18 Å². The molecule has 0 radical (unpaired) electrons. The first-order chi connectivity index (χ1) is 18.0. The summed E-state index contributed by atoms with van der Waals surface area (Å²) >= 11 is 0. The van der Waals surface area contributed by atoms with E-state index in [4.69, 9.17) is 0 Å². The van der Waals surface area contributed by atoms with Gasteiger partial charge >= 0.3 is 0 Å². The topological polar surface area (TPSA) is 102 Å². The van der Waals surface area contributed by atoms with Gasteiger partial charge in [0, 0.05) is 38.3 Å². The molecule has 2 fully saturated rings. The third kappa shape index (κ3) is 5.16. The Kier molecular flexibility index (Phi) is 6.50. The summed E-state index contributed by atoms with van der Waals surface area (Å²) in [6, 6.07) is 5.60. The maximum atomic E-state index is 14.6. The van der Waals surface area contributed by atoms with Crippen molar-refractivity contribution < 1.29 is 9.18 Å². The van der Waals surface area contributed by atoms with Crippen molar-refractivity contribution in [3.8, 4) is 11.4 Å². The van der Waals surface area contributed by atoms with Crippen molar-refractivity contribution in [2.24, 2.45) is 11.8 Å². The zero-order valence-electron chi connectivity index (χ0n) is 21.1. The molecule has 2 saturated heterocycles. The largest absolute Gasteiger partial charge is 0.370 e. The van der Waals surface area contributed by atoms with Crippen LogP contribution in [0.3, 0.4) is 0 Å². The van der Waals surface area contributed by atoms with Crippen molar-refractivity contribution >= 4 is 23.4 Å². The molecule has 10 heteroatoms. The van der Waals surface area contributed by atoms with Crippen LogP contribution in [0, 0.1) is 17.7 Å². The summed E-state index contributed by atoms with van der Waals surface area (Å²) in [5.74, 6) is 1.80. The molecule has 6 rings (SSSR count). The van der Waals surface area contributed by atoms with Crippen LogP contribution in [-0.2, 0) is 6.42 Å². The third-order valence-corrected chi connectivity index (χ3v) is 7.93. The molecule has 0 spiro atoms. The number of nitrogens with one attached hydrogen (secondary N) is 3. The van der Waals surface area contributed by atoms with Gasteiger partial charge in [-0.1, -0.05) is 0 Å². The zero-order valence-corrected chi connectivity index (χ0v) is 21.1. The summed E-state index contributed by atoms with van der Waals surface area (Å²) in [4.78, 5) is 33.1. The second kappa shape index (κ2) is 10.1. The van der Waals surface area contributed by atoms with Crippen molar-refractivity contribution in [3.05, 3.63) is 47.7 Å². The highest BCUT2D eigenvalue weighted by molar-refractivity contribution is 5.97. The van der Waals surface area contributed by atoms with Gasteiger partial charge < -0.3 is 25.4 Å². The molecule has 0 aliphatic carbocycles. The van der Waals surface area contributed by atoms with Crippen molar-refractivity contribution in [1.82, 2.24) is 30.2 Å². The van der Waals surface area contributed by atoms with E-state index in [1.54, 1.807) is 6.07 Å². The lowest BCUT2D eigenvalue weighted by molar-refractivity contribution is 0.0946. The number of hydrogen-bond acceptors (Lipinski definition) is 7. The lowest BCUT2D eigenvalue weighted by Gasteiger charge is -2.34. The molecule has 3 aliphatic rings. The van der Waals surface area contributed by atoms with E-state index in [1.807, 2.05) is 12.3 Å². The Morgan fingerprint density at radius 3 is 2.68 bits per heavy atom. The number of fused-ring (bicyclic) bond motifs is 1. The van der Waals surface area contributed by atoms with Crippen LogP contribution in [0.15, 0.2) is 30.6 Å². The van der Waals surface area contributed by atoms with E-state index in [-0.39, 0.29) is 17.5 Å². The zero-order chi connectivity index (χ0) is 25.4. The molecule has 194 valence electrons. The van der Waals surface area contributed by atoms with Crippen LogP contribution in [0.5, 0.6) is 0 Å². The number of hydrogen-bond donors (Lipinski definition) is 3.